The Kier molecular flexibility index (Phi) is 1.59. The third-order valence-corrected chi connectivity index (χ3v) is 3.93. The minimum Gasteiger partial charge on any atom is -0.313 e. The van der Waals surface area contributed by atoms with E-state index in [1.165, 1.54) is 29.4 Å². The van der Waals surface area contributed by atoms with Crippen LogP contribution in [0.25, 0.3) is 0 Å². The van der Waals surface area contributed by atoms with Crippen LogP contribution in [-0.2, 0) is 5.41 Å². The summed E-state index contributed by atoms with van der Waals surface area (Å²) in [6.45, 7) is 1.17. The van der Waals surface area contributed by atoms with Crippen molar-refractivity contribution >= 4 is 15.9 Å². The number of benzene rings is 1. The van der Waals surface area contributed by atoms with Crippen LogP contribution in [0.3, 0.4) is 0 Å². The summed E-state index contributed by atoms with van der Waals surface area (Å²) in [7, 11) is 0. The van der Waals surface area contributed by atoms with Gasteiger partial charge < -0.3 is 5.32 Å². The minimum atomic E-state index is 0.481. The molecule has 3 fully saturated rings. The van der Waals surface area contributed by atoms with Crippen LogP contribution in [0, 0.1) is 0 Å². The molecule has 2 saturated heterocycles. The predicted molar refractivity (Wildman–Crippen MR) is 56.8 cm³/mol. The van der Waals surface area contributed by atoms with Crippen LogP contribution in [0.1, 0.15) is 18.4 Å². The molecular weight excluding hydrogens is 226 g/mol. The number of rotatable bonds is 1. The minimum absolute atomic E-state index is 0.481. The average molecular weight is 238 g/mol. The summed E-state index contributed by atoms with van der Waals surface area (Å²) in [5.41, 5.74) is 1.98. The molecule has 13 heavy (non-hydrogen) atoms. The number of nitrogens with one attached hydrogen (secondary N) is 1. The Balaban J connectivity index is 2.00. The maximum Gasteiger partial charge on any atom is 0.0178 e. The van der Waals surface area contributed by atoms with Gasteiger partial charge in [0, 0.05) is 22.5 Å². The molecule has 4 rings (SSSR count). The van der Waals surface area contributed by atoms with Gasteiger partial charge in [0.15, 0.2) is 0 Å². The van der Waals surface area contributed by atoms with Gasteiger partial charge in [-0.25, -0.2) is 0 Å². The van der Waals surface area contributed by atoms with Gasteiger partial charge >= 0.3 is 0 Å². The molecule has 2 heterocycles. The van der Waals surface area contributed by atoms with Gasteiger partial charge in [-0.15, -0.1) is 0 Å². The van der Waals surface area contributed by atoms with E-state index in [-0.39, 0.29) is 0 Å². The lowest BCUT2D eigenvalue weighted by Gasteiger charge is -2.37. The number of hydrogen-bond donors (Lipinski definition) is 1. The van der Waals surface area contributed by atoms with Crippen LogP contribution >= 0.6 is 15.9 Å². The quantitative estimate of drug-likeness (QED) is 0.792. The first-order chi connectivity index (χ1) is 6.28. The van der Waals surface area contributed by atoms with E-state index in [0.717, 1.165) is 6.04 Å². The zero-order valence-electron chi connectivity index (χ0n) is 7.39. The SMILES string of the molecule is Brc1cccc(C23CNC(C2)C3)c1. The molecule has 1 N–H and O–H groups in total. The van der Waals surface area contributed by atoms with E-state index in [4.69, 9.17) is 0 Å². The first-order valence-electron chi connectivity index (χ1n) is 4.78. The van der Waals surface area contributed by atoms with Gasteiger partial charge in [-0.1, -0.05) is 28.1 Å². The molecule has 68 valence electrons. The van der Waals surface area contributed by atoms with Crippen molar-refractivity contribution in [2.75, 3.05) is 6.54 Å². The molecule has 0 unspecified atom stereocenters. The van der Waals surface area contributed by atoms with E-state index in [1.54, 1.807) is 0 Å². The van der Waals surface area contributed by atoms with Crippen LogP contribution in [0.15, 0.2) is 28.7 Å². The first-order valence-corrected chi connectivity index (χ1v) is 5.57. The van der Waals surface area contributed by atoms with Crippen molar-refractivity contribution < 1.29 is 0 Å². The Morgan fingerprint density at radius 1 is 1.38 bits per heavy atom. The fraction of sp³-hybridized carbons (Fsp3) is 0.455. The molecule has 2 heteroatoms. The Bertz CT molecular complexity index is 336. The van der Waals surface area contributed by atoms with Gasteiger partial charge in [-0.05, 0) is 30.5 Å². The summed E-state index contributed by atoms with van der Waals surface area (Å²) in [6.07, 6.45) is 2.67. The lowest BCUT2D eigenvalue weighted by molar-refractivity contribution is 0.304. The van der Waals surface area contributed by atoms with Crippen molar-refractivity contribution in [1.29, 1.82) is 0 Å². The first kappa shape index (κ1) is 8.01. The normalized spacial score (nSPS) is 35.9. The summed E-state index contributed by atoms with van der Waals surface area (Å²) in [5.74, 6) is 0. The van der Waals surface area contributed by atoms with Crippen LogP contribution in [0.2, 0.25) is 0 Å². The van der Waals surface area contributed by atoms with E-state index in [0.29, 0.717) is 5.41 Å². The third kappa shape index (κ3) is 1.09. The third-order valence-electron chi connectivity index (χ3n) is 3.44. The van der Waals surface area contributed by atoms with Crippen LogP contribution in [0.4, 0.5) is 0 Å². The highest BCUT2D eigenvalue weighted by atomic mass is 79.9. The fourth-order valence-electron chi connectivity index (χ4n) is 2.67. The summed E-state index contributed by atoms with van der Waals surface area (Å²) in [6, 6.07) is 9.56. The van der Waals surface area contributed by atoms with E-state index in [1.807, 2.05) is 0 Å². The molecule has 0 radical (unpaired) electrons. The summed E-state index contributed by atoms with van der Waals surface area (Å²) in [4.78, 5) is 0. The number of halogens is 1. The lowest BCUT2D eigenvalue weighted by atomic mass is 9.66. The van der Waals surface area contributed by atoms with Crippen molar-refractivity contribution in [2.45, 2.75) is 24.3 Å². The van der Waals surface area contributed by atoms with Crippen molar-refractivity contribution in [1.82, 2.24) is 5.32 Å². The molecule has 0 atom stereocenters. The van der Waals surface area contributed by atoms with Crippen molar-refractivity contribution in [3.8, 4) is 0 Å². The Morgan fingerprint density at radius 2 is 2.23 bits per heavy atom. The molecule has 1 aromatic carbocycles. The zero-order valence-corrected chi connectivity index (χ0v) is 8.97. The van der Waals surface area contributed by atoms with E-state index < -0.39 is 0 Å². The second-order valence-corrected chi connectivity index (χ2v) is 5.19. The Hall–Kier alpha value is -0.340. The lowest BCUT2D eigenvalue weighted by Crippen LogP contribution is -2.37. The molecule has 0 amide bonds. The summed E-state index contributed by atoms with van der Waals surface area (Å²) in [5, 5.41) is 3.54. The van der Waals surface area contributed by atoms with Crippen molar-refractivity contribution in [3.63, 3.8) is 0 Å². The van der Waals surface area contributed by atoms with Gasteiger partial charge in [0.25, 0.3) is 0 Å². The largest absolute Gasteiger partial charge is 0.313 e. The van der Waals surface area contributed by atoms with Crippen LogP contribution in [-0.4, -0.2) is 12.6 Å². The van der Waals surface area contributed by atoms with Gasteiger partial charge in [0.2, 0.25) is 0 Å². The second-order valence-electron chi connectivity index (χ2n) is 4.28. The molecule has 1 nitrogen and oxygen atoms in total. The fourth-order valence-corrected chi connectivity index (χ4v) is 3.07. The second kappa shape index (κ2) is 2.58. The van der Waals surface area contributed by atoms with Gasteiger partial charge in [0.05, 0.1) is 0 Å². The van der Waals surface area contributed by atoms with E-state index in [9.17, 15) is 0 Å². The standard InChI is InChI=1S/C11H12BrN/c12-9-3-1-2-8(4-9)11-5-10(6-11)13-7-11/h1-4,10,13H,5-7H2. The number of fused-ring (bicyclic) bond motifs is 1. The molecule has 0 spiro atoms. The van der Waals surface area contributed by atoms with E-state index >= 15 is 0 Å². The molecule has 1 aromatic rings. The summed E-state index contributed by atoms with van der Waals surface area (Å²) < 4.78 is 1.20. The van der Waals surface area contributed by atoms with E-state index in [2.05, 4.69) is 45.5 Å². The summed E-state index contributed by atoms with van der Waals surface area (Å²) >= 11 is 3.53. The molecule has 3 aliphatic rings. The Labute approximate surface area is 86.7 Å². The molecular formula is C11H12BrN. The Morgan fingerprint density at radius 3 is 2.85 bits per heavy atom. The maximum absolute atomic E-state index is 3.54. The number of hydrogen-bond acceptors (Lipinski definition) is 1. The van der Waals surface area contributed by atoms with Crippen molar-refractivity contribution in [3.05, 3.63) is 34.3 Å². The maximum atomic E-state index is 3.54. The van der Waals surface area contributed by atoms with Gasteiger partial charge in [-0.3, -0.25) is 0 Å². The van der Waals surface area contributed by atoms with Gasteiger partial charge in [-0.2, -0.15) is 0 Å². The topological polar surface area (TPSA) is 12.0 Å². The molecule has 1 aliphatic carbocycles. The molecule has 2 aliphatic heterocycles. The average Bonchev–Trinajstić information content (AvgIpc) is 2.61. The van der Waals surface area contributed by atoms with Crippen LogP contribution < -0.4 is 5.32 Å². The molecule has 1 saturated carbocycles. The molecule has 2 bridgehead atoms. The van der Waals surface area contributed by atoms with Crippen LogP contribution in [0.5, 0.6) is 0 Å². The molecule has 0 aromatic heterocycles. The highest BCUT2D eigenvalue weighted by Gasteiger charge is 2.51. The highest BCUT2D eigenvalue weighted by molar-refractivity contribution is 9.10. The monoisotopic (exact) mass is 237 g/mol. The predicted octanol–water partition coefficient (Wildman–Crippen LogP) is 2.45. The van der Waals surface area contributed by atoms with Crippen molar-refractivity contribution in [2.24, 2.45) is 0 Å². The highest BCUT2D eigenvalue weighted by Crippen LogP contribution is 2.48. The smallest absolute Gasteiger partial charge is 0.0178 e. The zero-order chi connectivity index (χ0) is 8.89. The van der Waals surface area contributed by atoms with Gasteiger partial charge in [0.1, 0.15) is 0 Å².